The molecule has 10 heteroatoms. The third-order valence-electron chi connectivity index (χ3n) is 3.87. The summed E-state index contributed by atoms with van der Waals surface area (Å²) < 4.78 is 37.5. The maximum Gasteiger partial charge on any atom is 0.326 e. The first kappa shape index (κ1) is 21.2. The number of hydrogen-bond acceptors (Lipinski definition) is 7. The van der Waals surface area contributed by atoms with E-state index in [1.165, 1.54) is 38.3 Å². The lowest BCUT2D eigenvalue weighted by Crippen LogP contribution is -2.37. The zero-order valence-electron chi connectivity index (χ0n) is 15.6. The Morgan fingerprint density at radius 2 is 1.93 bits per heavy atom. The Bertz CT molecular complexity index is 989. The second-order valence-corrected chi connectivity index (χ2v) is 7.56. The fourth-order valence-corrected chi connectivity index (χ4v) is 4.15. The molecule has 0 aliphatic rings. The molecule has 0 N–H and O–H groups in total. The Morgan fingerprint density at radius 1 is 1.21 bits per heavy atom. The SMILES string of the molecule is CCOC(=O)CN(c1cccc(OC)c1)S(=O)(=O)c1cc([N+](=O)[O-])ccc1C. The highest BCUT2D eigenvalue weighted by atomic mass is 32.2. The molecule has 0 aliphatic heterocycles. The van der Waals surface area contributed by atoms with Gasteiger partial charge >= 0.3 is 5.97 Å². The van der Waals surface area contributed by atoms with Crippen molar-refractivity contribution in [2.24, 2.45) is 0 Å². The fraction of sp³-hybridized carbons (Fsp3) is 0.278. The number of nitrogens with zero attached hydrogens (tertiary/aromatic N) is 2. The van der Waals surface area contributed by atoms with E-state index in [9.17, 15) is 23.3 Å². The van der Waals surface area contributed by atoms with Crippen molar-refractivity contribution in [1.82, 2.24) is 0 Å². The van der Waals surface area contributed by atoms with E-state index in [1.807, 2.05) is 0 Å². The average molecular weight is 408 g/mol. The lowest BCUT2D eigenvalue weighted by Gasteiger charge is -2.24. The summed E-state index contributed by atoms with van der Waals surface area (Å²) in [6, 6.07) is 9.67. The lowest BCUT2D eigenvalue weighted by molar-refractivity contribution is -0.385. The minimum absolute atomic E-state index is 0.0840. The number of non-ortho nitro benzene ring substituents is 1. The highest BCUT2D eigenvalue weighted by molar-refractivity contribution is 7.93. The Labute approximate surface area is 162 Å². The zero-order chi connectivity index (χ0) is 20.9. The molecule has 0 heterocycles. The van der Waals surface area contributed by atoms with Gasteiger partial charge in [0, 0.05) is 18.2 Å². The number of aryl methyl sites for hydroxylation is 1. The molecule has 0 aliphatic carbocycles. The van der Waals surface area contributed by atoms with Gasteiger partial charge in [-0.3, -0.25) is 19.2 Å². The van der Waals surface area contributed by atoms with Crippen molar-refractivity contribution in [1.29, 1.82) is 0 Å². The molecule has 2 rings (SSSR count). The summed E-state index contributed by atoms with van der Waals surface area (Å²) in [7, 11) is -2.88. The van der Waals surface area contributed by atoms with Crippen LogP contribution in [0.3, 0.4) is 0 Å². The molecule has 0 unspecified atom stereocenters. The van der Waals surface area contributed by atoms with Crippen LogP contribution in [0.4, 0.5) is 11.4 Å². The molecule has 0 bridgehead atoms. The van der Waals surface area contributed by atoms with Gasteiger partial charge < -0.3 is 9.47 Å². The van der Waals surface area contributed by atoms with E-state index in [1.54, 1.807) is 19.1 Å². The standard InChI is InChI=1S/C18H20N2O7S/c1-4-27-18(21)12-19(14-6-5-7-16(10-14)26-3)28(24,25)17-11-15(20(22)23)9-8-13(17)2/h5-11H,4,12H2,1-3H3. The predicted octanol–water partition coefficient (Wildman–Crippen LogP) is 2.67. The van der Waals surface area contributed by atoms with Crippen LogP contribution in [0.2, 0.25) is 0 Å². The van der Waals surface area contributed by atoms with Gasteiger partial charge in [-0.15, -0.1) is 0 Å². The Balaban J connectivity index is 2.62. The van der Waals surface area contributed by atoms with Gasteiger partial charge in [0.2, 0.25) is 0 Å². The zero-order valence-corrected chi connectivity index (χ0v) is 16.4. The van der Waals surface area contributed by atoms with Gasteiger partial charge in [-0.1, -0.05) is 12.1 Å². The molecule has 0 atom stereocenters. The van der Waals surface area contributed by atoms with Crippen molar-refractivity contribution in [3.8, 4) is 5.75 Å². The first-order chi connectivity index (χ1) is 13.2. The van der Waals surface area contributed by atoms with Crippen molar-refractivity contribution in [2.45, 2.75) is 18.7 Å². The number of nitro groups is 1. The maximum atomic E-state index is 13.3. The van der Waals surface area contributed by atoms with Crippen LogP contribution in [0.25, 0.3) is 0 Å². The topological polar surface area (TPSA) is 116 Å². The minimum atomic E-state index is -4.31. The van der Waals surface area contributed by atoms with Crippen LogP contribution in [0.15, 0.2) is 47.4 Å². The van der Waals surface area contributed by atoms with E-state index >= 15 is 0 Å². The summed E-state index contributed by atoms with van der Waals surface area (Å²) in [5, 5.41) is 11.1. The first-order valence-electron chi connectivity index (χ1n) is 8.28. The number of carbonyl (C=O) groups is 1. The van der Waals surface area contributed by atoms with Crippen LogP contribution in [0.5, 0.6) is 5.75 Å². The van der Waals surface area contributed by atoms with Gasteiger partial charge in [-0.2, -0.15) is 0 Å². The normalized spacial score (nSPS) is 11.0. The van der Waals surface area contributed by atoms with Crippen LogP contribution in [0.1, 0.15) is 12.5 Å². The molecule has 0 fully saturated rings. The number of methoxy groups -OCH3 is 1. The van der Waals surface area contributed by atoms with E-state index in [0.29, 0.717) is 11.3 Å². The van der Waals surface area contributed by atoms with E-state index < -0.39 is 27.5 Å². The largest absolute Gasteiger partial charge is 0.497 e. The number of anilines is 1. The molecule has 150 valence electrons. The Kier molecular flexibility index (Phi) is 6.57. The molecule has 0 saturated carbocycles. The predicted molar refractivity (Wildman–Crippen MR) is 102 cm³/mol. The molecule has 0 spiro atoms. The molecule has 2 aromatic carbocycles. The van der Waals surface area contributed by atoms with E-state index in [2.05, 4.69) is 0 Å². The number of ether oxygens (including phenoxy) is 2. The number of nitro benzene ring substituents is 1. The molecule has 2 aromatic rings. The quantitative estimate of drug-likeness (QED) is 0.374. The van der Waals surface area contributed by atoms with Gasteiger partial charge in [-0.25, -0.2) is 8.42 Å². The summed E-state index contributed by atoms with van der Waals surface area (Å²) in [6.07, 6.45) is 0. The summed E-state index contributed by atoms with van der Waals surface area (Å²) in [5.74, 6) is -0.366. The molecule has 28 heavy (non-hydrogen) atoms. The molecule has 0 aromatic heterocycles. The van der Waals surface area contributed by atoms with Crippen molar-refractivity contribution < 1.29 is 27.6 Å². The highest BCUT2D eigenvalue weighted by Crippen LogP contribution is 2.30. The van der Waals surface area contributed by atoms with Crippen LogP contribution in [-0.2, 0) is 19.6 Å². The highest BCUT2D eigenvalue weighted by Gasteiger charge is 2.30. The monoisotopic (exact) mass is 408 g/mol. The molecule has 0 saturated heterocycles. The van der Waals surface area contributed by atoms with Gasteiger partial charge in [0.1, 0.15) is 12.3 Å². The van der Waals surface area contributed by atoms with Crippen LogP contribution in [0, 0.1) is 17.0 Å². The van der Waals surface area contributed by atoms with E-state index in [-0.39, 0.29) is 22.9 Å². The summed E-state index contributed by atoms with van der Waals surface area (Å²) in [5.41, 5.74) is 0.103. The Morgan fingerprint density at radius 3 is 2.54 bits per heavy atom. The number of rotatable bonds is 8. The number of hydrogen-bond donors (Lipinski definition) is 0. The second kappa shape index (κ2) is 8.70. The third-order valence-corrected chi connectivity index (χ3v) is 5.79. The second-order valence-electron chi connectivity index (χ2n) is 5.73. The number of sulfonamides is 1. The summed E-state index contributed by atoms with van der Waals surface area (Å²) in [4.78, 5) is 22.2. The van der Waals surface area contributed by atoms with Gasteiger partial charge in [0.05, 0.1) is 29.2 Å². The van der Waals surface area contributed by atoms with Crippen molar-refractivity contribution in [3.63, 3.8) is 0 Å². The van der Waals surface area contributed by atoms with Crippen LogP contribution < -0.4 is 9.04 Å². The molecule has 9 nitrogen and oxygen atoms in total. The molecule has 0 amide bonds. The van der Waals surface area contributed by atoms with Gasteiger partial charge in [0.25, 0.3) is 15.7 Å². The molecule has 0 radical (unpaired) electrons. The van der Waals surface area contributed by atoms with Crippen molar-refractivity contribution in [3.05, 3.63) is 58.1 Å². The molecular formula is C18H20N2O7S. The fourth-order valence-electron chi connectivity index (χ4n) is 2.50. The lowest BCUT2D eigenvalue weighted by atomic mass is 10.2. The number of carbonyl (C=O) groups excluding carboxylic acids is 1. The number of esters is 1. The summed E-state index contributed by atoms with van der Waals surface area (Å²) in [6.45, 7) is 2.61. The number of benzene rings is 2. The van der Waals surface area contributed by atoms with Gasteiger partial charge in [-0.05, 0) is 31.5 Å². The van der Waals surface area contributed by atoms with Gasteiger partial charge in [0.15, 0.2) is 0 Å². The van der Waals surface area contributed by atoms with Crippen LogP contribution in [-0.4, -0.2) is 39.6 Å². The Hall–Kier alpha value is -3.14. The maximum absolute atomic E-state index is 13.3. The van der Waals surface area contributed by atoms with Crippen molar-refractivity contribution >= 4 is 27.4 Å². The van der Waals surface area contributed by atoms with Crippen LogP contribution >= 0.6 is 0 Å². The minimum Gasteiger partial charge on any atom is -0.497 e. The molecular weight excluding hydrogens is 388 g/mol. The average Bonchev–Trinajstić information content (AvgIpc) is 2.66. The third kappa shape index (κ3) is 4.58. The first-order valence-corrected chi connectivity index (χ1v) is 9.72. The van der Waals surface area contributed by atoms with E-state index in [4.69, 9.17) is 9.47 Å². The smallest absolute Gasteiger partial charge is 0.326 e. The van der Waals surface area contributed by atoms with Crippen molar-refractivity contribution in [2.75, 3.05) is 24.6 Å². The van der Waals surface area contributed by atoms with E-state index in [0.717, 1.165) is 10.4 Å². The summed E-state index contributed by atoms with van der Waals surface area (Å²) >= 11 is 0.